The predicted molar refractivity (Wildman–Crippen MR) is 73.6 cm³/mol. The number of aliphatic hydroxyl groups excluding tert-OH is 3. The molecule has 1 fully saturated rings. The zero-order valence-corrected chi connectivity index (χ0v) is 11.6. The van der Waals surface area contributed by atoms with Crippen LogP contribution in [-0.2, 0) is 9.53 Å². The average molecular weight is 329 g/mol. The fourth-order valence-corrected chi connectivity index (χ4v) is 2.15. The number of nitrogens with zero attached hydrogens (tertiary/aromatic N) is 2. The van der Waals surface area contributed by atoms with Crippen LogP contribution in [0.4, 0.5) is 5.82 Å². The van der Waals surface area contributed by atoms with Gasteiger partial charge in [-0.3, -0.25) is 15.3 Å². The average Bonchev–Trinajstić information content (AvgIpc) is 2.81. The number of aliphatic hydroxyl groups is 3. The van der Waals surface area contributed by atoms with E-state index in [1.54, 1.807) is 5.48 Å². The lowest BCUT2D eigenvalue weighted by Gasteiger charge is -2.18. The second kappa shape index (κ2) is 6.85. The van der Waals surface area contributed by atoms with Crippen LogP contribution in [0.2, 0.25) is 0 Å². The van der Waals surface area contributed by atoms with E-state index in [4.69, 9.17) is 20.2 Å². The molecule has 1 aliphatic rings. The van der Waals surface area contributed by atoms with Crippen molar-refractivity contribution in [1.29, 1.82) is 0 Å². The number of nitrogens with one attached hydrogen (secondary N) is 1. The van der Waals surface area contributed by atoms with E-state index in [0.29, 0.717) is 0 Å². The van der Waals surface area contributed by atoms with E-state index in [9.17, 15) is 19.8 Å². The monoisotopic (exact) mass is 329 g/mol. The first-order chi connectivity index (χ1) is 10.9. The van der Waals surface area contributed by atoms with Crippen molar-refractivity contribution in [2.45, 2.75) is 24.5 Å². The first kappa shape index (κ1) is 17.1. The number of carboxylic acids is 1. The second-order valence-electron chi connectivity index (χ2n) is 4.75. The Morgan fingerprint density at radius 3 is 2.65 bits per heavy atom. The van der Waals surface area contributed by atoms with Gasteiger partial charge < -0.3 is 25.2 Å². The Balaban J connectivity index is 2.45. The number of carboxylic acid groups (broad SMARTS) is 1. The quantitative estimate of drug-likeness (QED) is 0.256. The van der Waals surface area contributed by atoms with Crippen molar-refractivity contribution in [3.63, 3.8) is 0 Å². The molecule has 126 valence electrons. The number of anilines is 1. The van der Waals surface area contributed by atoms with Crippen molar-refractivity contribution >= 4 is 17.9 Å². The van der Waals surface area contributed by atoms with Crippen LogP contribution in [0.5, 0.6) is 0 Å². The van der Waals surface area contributed by atoms with Crippen molar-refractivity contribution in [1.82, 2.24) is 9.55 Å². The molecule has 0 aliphatic carbocycles. The number of aliphatic carboxylic acids is 1. The normalized spacial score (nSPS) is 27.5. The number of hydrogen-bond donors (Lipinski definition) is 6. The summed E-state index contributed by atoms with van der Waals surface area (Å²) in [6, 6.07) is 0. The minimum absolute atomic E-state index is 0.0206. The predicted octanol–water partition coefficient (Wildman–Crippen LogP) is -2.25. The topological polar surface area (TPSA) is 174 Å². The van der Waals surface area contributed by atoms with E-state index < -0.39 is 42.8 Å². The van der Waals surface area contributed by atoms with Gasteiger partial charge in [0.1, 0.15) is 18.3 Å². The van der Waals surface area contributed by atoms with Gasteiger partial charge in [0, 0.05) is 17.8 Å². The van der Waals surface area contributed by atoms with Crippen LogP contribution in [0, 0.1) is 0 Å². The van der Waals surface area contributed by atoms with Gasteiger partial charge in [-0.05, 0) is 6.08 Å². The Morgan fingerprint density at radius 1 is 1.43 bits per heavy atom. The Bertz CT molecular complexity index is 673. The molecule has 0 amide bonds. The minimum atomic E-state index is -1.50. The molecule has 11 heteroatoms. The number of ether oxygens (including phenoxy) is 1. The molecule has 4 atom stereocenters. The van der Waals surface area contributed by atoms with Crippen LogP contribution in [-0.4, -0.2) is 66.1 Å². The van der Waals surface area contributed by atoms with E-state index in [1.807, 2.05) is 0 Å². The van der Waals surface area contributed by atoms with Crippen LogP contribution >= 0.6 is 0 Å². The molecule has 0 unspecified atom stereocenters. The van der Waals surface area contributed by atoms with E-state index in [2.05, 4.69) is 4.98 Å². The smallest absolute Gasteiger partial charge is 0.351 e. The van der Waals surface area contributed by atoms with Crippen LogP contribution in [0.15, 0.2) is 17.1 Å². The third kappa shape index (κ3) is 3.38. The number of rotatable bonds is 5. The summed E-state index contributed by atoms with van der Waals surface area (Å²) in [7, 11) is 0. The SMILES string of the molecule is O=C(O)C=Cc1cn([C@@H]2O[C@H](CO)[C@@H](O)[C@H]2O)c(=O)nc1NO. The lowest BCUT2D eigenvalue weighted by molar-refractivity contribution is -0.131. The van der Waals surface area contributed by atoms with Gasteiger partial charge in [-0.15, -0.1) is 0 Å². The molecule has 0 aromatic carbocycles. The highest BCUT2D eigenvalue weighted by Gasteiger charge is 2.43. The molecule has 1 aromatic heterocycles. The van der Waals surface area contributed by atoms with Gasteiger partial charge in [0.25, 0.3) is 0 Å². The van der Waals surface area contributed by atoms with Gasteiger partial charge in [0.15, 0.2) is 12.0 Å². The molecule has 6 N–H and O–H groups in total. The van der Waals surface area contributed by atoms with Crippen LogP contribution in [0.1, 0.15) is 11.8 Å². The number of carbonyl (C=O) groups is 1. The van der Waals surface area contributed by atoms with Gasteiger partial charge in [-0.2, -0.15) is 4.98 Å². The van der Waals surface area contributed by atoms with Crippen LogP contribution in [0.25, 0.3) is 6.08 Å². The minimum Gasteiger partial charge on any atom is -0.478 e. The van der Waals surface area contributed by atoms with E-state index >= 15 is 0 Å². The van der Waals surface area contributed by atoms with Crippen LogP contribution in [0.3, 0.4) is 0 Å². The zero-order chi connectivity index (χ0) is 17.1. The molecule has 1 aliphatic heterocycles. The highest BCUT2D eigenvalue weighted by atomic mass is 16.6. The molecule has 2 heterocycles. The second-order valence-corrected chi connectivity index (χ2v) is 4.75. The molecule has 0 radical (unpaired) electrons. The molecule has 2 rings (SSSR count). The summed E-state index contributed by atoms with van der Waals surface area (Å²) in [5, 5.41) is 46.3. The highest BCUT2D eigenvalue weighted by Crippen LogP contribution is 2.28. The Kier molecular flexibility index (Phi) is 5.08. The summed E-state index contributed by atoms with van der Waals surface area (Å²) in [5.41, 5.74) is 0.750. The first-order valence-electron chi connectivity index (χ1n) is 6.45. The number of aromatic nitrogens is 2. The van der Waals surface area contributed by atoms with E-state index in [1.165, 1.54) is 0 Å². The zero-order valence-electron chi connectivity index (χ0n) is 11.6. The standard InChI is InChI=1S/C12H15N3O8/c16-4-6-8(19)9(20)11(23-6)15-3-5(1-2-7(17)18)10(14-22)13-12(15)21/h1-3,6,8-9,11,16,19-20,22H,4H2,(H,17,18)(H,13,14,21)/t6-,8-,9-,11-/m1/s1. The number of hydrogen-bond acceptors (Lipinski definition) is 9. The molecule has 0 bridgehead atoms. The van der Waals surface area contributed by atoms with Gasteiger partial charge in [-0.1, -0.05) is 0 Å². The maximum absolute atomic E-state index is 11.9. The van der Waals surface area contributed by atoms with E-state index in [0.717, 1.165) is 22.9 Å². The van der Waals surface area contributed by atoms with Gasteiger partial charge in [0.05, 0.1) is 6.61 Å². The molecule has 0 spiro atoms. The fraction of sp³-hybridized carbons (Fsp3) is 0.417. The maximum atomic E-state index is 11.9. The summed E-state index contributed by atoms with van der Waals surface area (Å²) >= 11 is 0. The Morgan fingerprint density at radius 2 is 2.13 bits per heavy atom. The molecule has 0 saturated carbocycles. The lowest BCUT2D eigenvalue weighted by Crippen LogP contribution is -2.36. The molecule has 1 aromatic rings. The van der Waals surface area contributed by atoms with Crippen molar-refractivity contribution < 1.29 is 35.2 Å². The van der Waals surface area contributed by atoms with Crippen molar-refractivity contribution in [2.24, 2.45) is 0 Å². The van der Waals surface area contributed by atoms with Gasteiger partial charge >= 0.3 is 11.7 Å². The summed E-state index contributed by atoms with van der Waals surface area (Å²) in [6.07, 6.45) is -2.42. The van der Waals surface area contributed by atoms with Crippen molar-refractivity contribution in [2.75, 3.05) is 12.1 Å². The maximum Gasteiger partial charge on any atom is 0.351 e. The van der Waals surface area contributed by atoms with Gasteiger partial charge in [-0.25, -0.2) is 9.59 Å². The van der Waals surface area contributed by atoms with E-state index in [-0.39, 0.29) is 11.4 Å². The molecule has 11 nitrogen and oxygen atoms in total. The van der Waals surface area contributed by atoms with Gasteiger partial charge in [0.2, 0.25) is 0 Å². The molecular formula is C12H15N3O8. The van der Waals surface area contributed by atoms with Crippen molar-refractivity contribution in [3.05, 3.63) is 28.3 Å². The summed E-state index contributed by atoms with van der Waals surface area (Å²) < 4.78 is 6.03. The third-order valence-corrected chi connectivity index (χ3v) is 3.28. The Labute approximate surface area is 128 Å². The fourth-order valence-electron chi connectivity index (χ4n) is 2.15. The molecular weight excluding hydrogens is 314 g/mol. The summed E-state index contributed by atoms with van der Waals surface area (Å²) in [5.74, 6) is -1.56. The third-order valence-electron chi connectivity index (χ3n) is 3.28. The summed E-state index contributed by atoms with van der Waals surface area (Å²) in [4.78, 5) is 26.0. The first-order valence-corrected chi connectivity index (χ1v) is 6.45. The van der Waals surface area contributed by atoms with Crippen LogP contribution < -0.4 is 11.2 Å². The molecule has 1 saturated heterocycles. The summed E-state index contributed by atoms with van der Waals surface area (Å²) in [6.45, 7) is -0.570. The Hall–Kier alpha value is -2.31. The highest BCUT2D eigenvalue weighted by molar-refractivity contribution is 5.86. The molecule has 23 heavy (non-hydrogen) atoms. The largest absolute Gasteiger partial charge is 0.478 e. The lowest BCUT2D eigenvalue weighted by atomic mass is 10.1. The van der Waals surface area contributed by atoms with Crippen molar-refractivity contribution in [3.8, 4) is 0 Å².